The maximum atomic E-state index is 13.0. The minimum Gasteiger partial charge on any atom is -0.438 e. The van der Waals surface area contributed by atoms with Gasteiger partial charge in [0.1, 0.15) is 17.1 Å². The molecule has 0 atom stereocenters. The van der Waals surface area contributed by atoms with Gasteiger partial charge in [0.2, 0.25) is 5.88 Å². The Balaban J connectivity index is 1.96. The zero-order valence-corrected chi connectivity index (χ0v) is 11.1. The molecule has 0 saturated heterocycles. The van der Waals surface area contributed by atoms with Gasteiger partial charge in [-0.3, -0.25) is 4.98 Å². The Hall–Kier alpha value is -2.08. The molecular weight excluding hydrogens is 313 g/mol. The first-order chi connectivity index (χ1) is 9.22. The largest absolute Gasteiger partial charge is 0.438 e. The van der Waals surface area contributed by atoms with Gasteiger partial charge in [-0.1, -0.05) is 0 Å². The van der Waals surface area contributed by atoms with Crippen molar-refractivity contribution in [2.24, 2.45) is 0 Å². The van der Waals surface area contributed by atoms with Gasteiger partial charge in [0.05, 0.1) is 4.47 Å². The second-order valence-electron chi connectivity index (χ2n) is 3.73. The van der Waals surface area contributed by atoms with E-state index in [0.29, 0.717) is 27.3 Å². The first-order valence-corrected chi connectivity index (χ1v) is 6.22. The number of pyridine rings is 1. The lowest BCUT2D eigenvalue weighted by atomic mass is 10.3. The van der Waals surface area contributed by atoms with Gasteiger partial charge in [-0.25, -0.2) is 9.37 Å². The molecule has 0 unspecified atom stereocenters. The summed E-state index contributed by atoms with van der Waals surface area (Å²) < 4.78 is 19.1. The van der Waals surface area contributed by atoms with E-state index in [1.54, 1.807) is 24.5 Å². The fourth-order valence-corrected chi connectivity index (χ4v) is 2.00. The van der Waals surface area contributed by atoms with E-state index in [1.807, 2.05) is 0 Å². The Morgan fingerprint density at radius 1 is 1.05 bits per heavy atom. The zero-order valence-electron chi connectivity index (χ0n) is 9.55. The number of nitrogens with zero attached hydrogens (tertiary/aromatic N) is 3. The molecule has 2 heterocycles. The van der Waals surface area contributed by atoms with Crippen LogP contribution in [0.25, 0.3) is 11.2 Å². The Labute approximate surface area is 116 Å². The van der Waals surface area contributed by atoms with Crippen molar-refractivity contribution in [3.63, 3.8) is 0 Å². The lowest BCUT2D eigenvalue weighted by Gasteiger charge is -2.07. The molecule has 0 amide bonds. The van der Waals surface area contributed by atoms with Crippen LogP contribution in [0.4, 0.5) is 4.39 Å². The highest BCUT2D eigenvalue weighted by atomic mass is 79.9. The first-order valence-electron chi connectivity index (χ1n) is 5.43. The highest BCUT2D eigenvalue weighted by Crippen LogP contribution is 2.29. The van der Waals surface area contributed by atoms with Crippen molar-refractivity contribution in [3.05, 3.63) is 53.0 Å². The SMILES string of the molecule is Fc1ccc(Oc2ccc3nccnc3n2)c(Br)c1. The summed E-state index contributed by atoms with van der Waals surface area (Å²) in [5, 5.41) is 0. The molecule has 0 N–H and O–H groups in total. The van der Waals surface area contributed by atoms with Crippen LogP contribution in [0.15, 0.2) is 47.2 Å². The monoisotopic (exact) mass is 319 g/mol. The van der Waals surface area contributed by atoms with Gasteiger partial charge in [-0.15, -0.1) is 0 Å². The predicted molar refractivity (Wildman–Crippen MR) is 71.5 cm³/mol. The summed E-state index contributed by atoms with van der Waals surface area (Å²) in [6.45, 7) is 0. The number of hydrogen-bond donors (Lipinski definition) is 0. The van der Waals surface area contributed by atoms with Crippen LogP contribution < -0.4 is 4.74 Å². The van der Waals surface area contributed by atoms with E-state index in [0.717, 1.165) is 0 Å². The maximum absolute atomic E-state index is 13.0. The smallest absolute Gasteiger partial charge is 0.221 e. The van der Waals surface area contributed by atoms with Crippen molar-refractivity contribution >= 4 is 27.1 Å². The minimum absolute atomic E-state index is 0.337. The Bertz CT molecular complexity index is 751. The molecule has 6 heteroatoms. The molecule has 4 nitrogen and oxygen atoms in total. The minimum atomic E-state index is -0.337. The van der Waals surface area contributed by atoms with E-state index in [2.05, 4.69) is 30.9 Å². The lowest BCUT2D eigenvalue weighted by molar-refractivity contribution is 0.460. The summed E-state index contributed by atoms with van der Waals surface area (Å²) in [5.74, 6) is 0.522. The van der Waals surface area contributed by atoms with Gasteiger partial charge in [-0.05, 0) is 40.2 Å². The van der Waals surface area contributed by atoms with E-state index < -0.39 is 0 Å². The molecule has 1 aromatic carbocycles. The first kappa shape index (κ1) is 12.0. The maximum Gasteiger partial charge on any atom is 0.221 e. The average molecular weight is 320 g/mol. The van der Waals surface area contributed by atoms with Gasteiger partial charge in [0.25, 0.3) is 0 Å². The van der Waals surface area contributed by atoms with E-state index in [1.165, 1.54) is 18.2 Å². The summed E-state index contributed by atoms with van der Waals surface area (Å²) in [5.41, 5.74) is 1.19. The second kappa shape index (κ2) is 4.89. The molecule has 0 radical (unpaired) electrons. The Kier molecular flexibility index (Phi) is 3.08. The third-order valence-electron chi connectivity index (χ3n) is 2.41. The van der Waals surface area contributed by atoms with E-state index >= 15 is 0 Å². The van der Waals surface area contributed by atoms with Crippen molar-refractivity contribution in [1.82, 2.24) is 15.0 Å². The lowest BCUT2D eigenvalue weighted by Crippen LogP contribution is -1.92. The summed E-state index contributed by atoms with van der Waals surface area (Å²) >= 11 is 3.23. The Morgan fingerprint density at radius 2 is 1.89 bits per heavy atom. The van der Waals surface area contributed by atoms with Gasteiger partial charge in [-0.2, -0.15) is 4.98 Å². The van der Waals surface area contributed by atoms with Gasteiger partial charge < -0.3 is 4.74 Å². The van der Waals surface area contributed by atoms with Crippen molar-refractivity contribution in [1.29, 1.82) is 0 Å². The van der Waals surface area contributed by atoms with E-state index in [-0.39, 0.29) is 5.82 Å². The number of halogens is 2. The highest BCUT2D eigenvalue weighted by molar-refractivity contribution is 9.10. The standard InChI is InChI=1S/C13H7BrFN3O/c14-9-7-8(15)1-3-11(9)19-12-4-2-10-13(18-12)17-6-5-16-10/h1-7H. The average Bonchev–Trinajstić information content (AvgIpc) is 2.42. The van der Waals surface area contributed by atoms with Crippen LogP contribution in [0.1, 0.15) is 0 Å². The molecule has 0 spiro atoms. The summed E-state index contributed by atoms with van der Waals surface area (Å²) in [6.07, 6.45) is 3.16. The number of aromatic nitrogens is 3. The van der Waals surface area contributed by atoms with Crippen LogP contribution in [-0.4, -0.2) is 15.0 Å². The Morgan fingerprint density at radius 3 is 2.74 bits per heavy atom. The predicted octanol–water partition coefficient (Wildman–Crippen LogP) is 3.72. The van der Waals surface area contributed by atoms with Crippen LogP contribution in [0.5, 0.6) is 11.6 Å². The highest BCUT2D eigenvalue weighted by Gasteiger charge is 2.06. The number of ether oxygens (including phenoxy) is 1. The van der Waals surface area contributed by atoms with Gasteiger partial charge >= 0.3 is 0 Å². The second-order valence-corrected chi connectivity index (χ2v) is 4.58. The van der Waals surface area contributed by atoms with E-state index in [9.17, 15) is 4.39 Å². The molecule has 0 saturated carbocycles. The van der Waals surface area contributed by atoms with Crippen molar-refractivity contribution in [3.8, 4) is 11.6 Å². The van der Waals surface area contributed by atoms with Crippen molar-refractivity contribution < 1.29 is 9.13 Å². The van der Waals surface area contributed by atoms with Crippen molar-refractivity contribution in [2.75, 3.05) is 0 Å². The number of hydrogen-bond acceptors (Lipinski definition) is 4. The topological polar surface area (TPSA) is 47.9 Å². The molecular formula is C13H7BrFN3O. The van der Waals surface area contributed by atoms with Crippen molar-refractivity contribution in [2.45, 2.75) is 0 Å². The molecule has 19 heavy (non-hydrogen) atoms. The molecule has 0 aliphatic rings. The van der Waals surface area contributed by atoms with Gasteiger partial charge in [0, 0.05) is 18.5 Å². The molecule has 3 rings (SSSR count). The summed E-state index contributed by atoms with van der Waals surface area (Å²) in [6, 6.07) is 7.63. The molecule has 94 valence electrons. The number of rotatable bonds is 2. The van der Waals surface area contributed by atoms with Gasteiger partial charge in [0.15, 0.2) is 5.65 Å². The van der Waals surface area contributed by atoms with Crippen LogP contribution in [0.2, 0.25) is 0 Å². The molecule has 3 aromatic rings. The molecule has 0 aliphatic carbocycles. The fraction of sp³-hybridized carbons (Fsp3) is 0. The molecule has 2 aromatic heterocycles. The normalized spacial score (nSPS) is 10.6. The quantitative estimate of drug-likeness (QED) is 0.722. The third-order valence-corrected chi connectivity index (χ3v) is 3.03. The van der Waals surface area contributed by atoms with Crippen LogP contribution in [0.3, 0.4) is 0 Å². The third kappa shape index (κ3) is 2.53. The zero-order chi connectivity index (χ0) is 13.2. The van der Waals surface area contributed by atoms with Crippen LogP contribution >= 0.6 is 15.9 Å². The summed E-state index contributed by atoms with van der Waals surface area (Å²) in [7, 11) is 0. The van der Waals surface area contributed by atoms with E-state index in [4.69, 9.17) is 4.74 Å². The number of fused-ring (bicyclic) bond motifs is 1. The molecule has 0 aliphatic heterocycles. The van der Waals surface area contributed by atoms with Crippen LogP contribution in [0, 0.1) is 5.82 Å². The molecule has 0 fully saturated rings. The fourth-order valence-electron chi connectivity index (χ4n) is 1.56. The van der Waals surface area contributed by atoms with Crippen LogP contribution in [-0.2, 0) is 0 Å². The number of benzene rings is 1. The molecule has 0 bridgehead atoms. The summed E-state index contributed by atoms with van der Waals surface area (Å²) in [4.78, 5) is 12.4.